The number of hydrazone groups is 1. The zero-order valence-corrected chi connectivity index (χ0v) is 20.5. The molecule has 0 bridgehead atoms. The van der Waals surface area contributed by atoms with Crippen LogP contribution in [0.5, 0.6) is 5.75 Å². The number of carbonyl (C=O) groups is 3. The number of ether oxygens (including phenoxy) is 2. The van der Waals surface area contributed by atoms with Crippen molar-refractivity contribution in [3.8, 4) is 5.75 Å². The van der Waals surface area contributed by atoms with E-state index in [0.717, 1.165) is 5.56 Å². The molecule has 3 rings (SSSR count). The highest BCUT2D eigenvalue weighted by Crippen LogP contribution is 2.12. The van der Waals surface area contributed by atoms with Gasteiger partial charge in [0.2, 0.25) is 0 Å². The minimum absolute atomic E-state index is 0.0399. The number of halogens is 1. The molecule has 0 aromatic heterocycles. The number of rotatable bonds is 9. The van der Waals surface area contributed by atoms with E-state index < -0.39 is 11.9 Å². The number of amides is 3. The Morgan fingerprint density at radius 1 is 1.09 bits per heavy atom. The predicted molar refractivity (Wildman–Crippen MR) is 133 cm³/mol. The topological polar surface area (TPSA) is 109 Å². The summed E-state index contributed by atoms with van der Waals surface area (Å²) in [4.78, 5) is 39.0. The SMILES string of the molecule is CC(C)C(NC(=O)c1ccc(Cl)cc1)C(=O)NN=Cc1ccc(OCC(=O)N2CCOCC2)cc1. The van der Waals surface area contributed by atoms with E-state index in [9.17, 15) is 14.4 Å². The van der Waals surface area contributed by atoms with Crippen molar-refractivity contribution in [2.45, 2.75) is 19.9 Å². The maximum Gasteiger partial charge on any atom is 0.262 e. The van der Waals surface area contributed by atoms with Gasteiger partial charge in [-0.3, -0.25) is 14.4 Å². The Balaban J connectivity index is 1.48. The van der Waals surface area contributed by atoms with Gasteiger partial charge in [-0.15, -0.1) is 0 Å². The van der Waals surface area contributed by atoms with E-state index in [-0.39, 0.29) is 24.3 Å². The van der Waals surface area contributed by atoms with Gasteiger partial charge in [-0.25, -0.2) is 5.43 Å². The molecule has 10 heteroatoms. The maximum absolute atomic E-state index is 12.6. The van der Waals surface area contributed by atoms with Crippen molar-refractivity contribution >= 4 is 35.5 Å². The summed E-state index contributed by atoms with van der Waals surface area (Å²) in [6.45, 7) is 5.86. The minimum Gasteiger partial charge on any atom is -0.484 e. The van der Waals surface area contributed by atoms with Crippen LogP contribution in [-0.2, 0) is 14.3 Å². The predicted octanol–water partition coefficient (Wildman–Crippen LogP) is 2.48. The van der Waals surface area contributed by atoms with Crippen LogP contribution in [0, 0.1) is 5.92 Å². The number of morpholine rings is 1. The lowest BCUT2D eigenvalue weighted by atomic mass is 10.0. The molecule has 1 atom stereocenters. The van der Waals surface area contributed by atoms with Crippen molar-refractivity contribution in [1.29, 1.82) is 0 Å². The molecule has 2 aromatic rings. The van der Waals surface area contributed by atoms with E-state index in [0.29, 0.717) is 42.6 Å². The zero-order valence-electron chi connectivity index (χ0n) is 19.7. The van der Waals surface area contributed by atoms with Gasteiger partial charge in [0.1, 0.15) is 11.8 Å². The second kappa shape index (κ2) is 12.9. The van der Waals surface area contributed by atoms with E-state index in [1.165, 1.54) is 6.21 Å². The van der Waals surface area contributed by atoms with Crippen molar-refractivity contribution in [2.24, 2.45) is 11.0 Å². The lowest BCUT2D eigenvalue weighted by molar-refractivity contribution is -0.137. The highest BCUT2D eigenvalue weighted by atomic mass is 35.5. The molecule has 186 valence electrons. The second-order valence-corrected chi connectivity index (χ2v) is 8.72. The monoisotopic (exact) mass is 500 g/mol. The second-order valence-electron chi connectivity index (χ2n) is 8.29. The summed E-state index contributed by atoms with van der Waals surface area (Å²) in [5.41, 5.74) is 3.61. The van der Waals surface area contributed by atoms with Gasteiger partial charge in [-0.1, -0.05) is 25.4 Å². The molecule has 1 fully saturated rings. The van der Waals surface area contributed by atoms with E-state index >= 15 is 0 Å². The molecule has 3 amide bonds. The van der Waals surface area contributed by atoms with E-state index in [2.05, 4.69) is 15.8 Å². The third kappa shape index (κ3) is 8.08. The summed E-state index contributed by atoms with van der Waals surface area (Å²) >= 11 is 5.86. The molecule has 1 aliphatic rings. The van der Waals surface area contributed by atoms with Gasteiger partial charge < -0.3 is 19.7 Å². The highest BCUT2D eigenvalue weighted by Gasteiger charge is 2.24. The first-order valence-electron chi connectivity index (χ1n) is 11.3. The highest BCUT2D eigenvalue weighted by molar-refractivity contribution is 6.30. The van der Waals surface area contributed by atoms with Crippen molar-refractivity contribution in [2.75, 3.05) is 32.9 Å². The van der Waals surface area contributed by atoms with Crippen molar-refractivity contribution < 1.29 is 23.9 Å². The van der Waals surface area contributed by atoms with Gasteiger partial charge in [-0.05, 0) is 60.0 Å². The van der Waals surface area contributed by atoms with Gasteiger partial charge in [0.05, 0.1) is 19.4 Å². The lowest BCUT2D eigenvalue weighted by Crippen LogP contribution is -2.48. The molecule has 9 nitrogen and oxygen atoms in total. The van der Waals surface area contributed by atoms with Crippen LogP contribution in [0.2, 0.25) is 5.02 Å². The summed E-state index contributed by atoms with van der Waals surface area (Å²) in [6.07, 6.45) is 1.49. The van der Waals surface area contributed by atoms with Crippen molar-refractivity contribution in [3.63, 3.8) is 0 Å². The molecule has 0 aliphatic carbocycles. The van der Waals surface area contributed by atoms with Crippen LogP contribution in [0.1, 0.15) is 29.8 Å². The lowest BCUT2D eigenvalue weighted by Gasteiger charge is -2.26. The summed E-state index contributed by atoms with van der Waals surface area (Å²) in [5.74, 6) is -0.484. The fourth-order valence-electron chi connectivity index (χ4n) is 3.30. The first kappa shape index (κ1) is 26.2. The van der Waals surface area contributed by atoms with Gasteiger partial charge >= 0.3 is 0 Å². The van der Waals surface area contributed by atoms with E-state index in [4.69, 9.17) is 21.1 Å². The summed E-state index contributed by atoms with van der Waals surface area (Å²) in [5, 5.41) is 7.25. The molecule has 1 unspecified atom stereocenters. The number of nitrogens with zero attached hydrogens (tertiary/aromatic N) is 2. The third-order valence-electron chi connectivity index (χ3n) is 5.34. The fraction of sp³-hybridized carbons (Fsp3) is 0.360. The zero-order chi connectivity index (χ0) is 25.2. The minimum atomic E-state index is -0.768. The van der Waals surface area contributed by atoms with Gasteiger partial charge in [-0.2, -0.15) is 5.10 Å². The molecular weight excluding hydrogens is 472 g/mol. The van der Waals surface area contributed by atoms with Crippen LogP contribution in [0.4, 0.5) is 0 Å². The number of hydrogen-bond donors (Lipinski definition) is 2. The number of carbonyl (C=O) groups excluding carboxylic acids is 3. The van der Waals surface area contributed by atoms with Crippen molar-refractivity contribution in [3.05, 3.63) is 64.7 Å². The Hall–Kier alpha value is -3.43. The Labute approximate surface area is 209 Å². The summed E-state index contributed by atoms with van der Waals surface area (Å²) < 4.78 is 10.8. The average molecular weight is 501 g/mol. The molecule has 0 saturated carbocycles. The Kier molecular flexibility index (Phi) is 9.63. The normalized spacial score (nSPS) is 14.6. The molecule has 1 aliphatic heterocycles. The number of hydrogen-bond acceptors (Lipinski definition) is 6. The largest absolute Gasteiger partial charge is 0.484 e. The fourth-order valence-corrected chi connectivity index (χ4v) is 3.43. The number of benzene rings is 2. The number of nitrogens with one attached hydrogen (secondary N) is 2. The van der Waals surface area contributed by atoms with Crippen LogP contribution in [0.25, 0.3) is 0 Å². The summed E-state index contributed by atoms with van der Waals surface area (Å²) in [6, 6.07) is 12.6. The molecule has 0 spiro atoms. The van der Waals surface area contributed by atoms with Crippen LogP contribution in [0.3, 0.4) is 0 Å². The van der Waals surface area contributed by atoms with Crippen LogP contribution in [-0.4, -0.2) is 67.8 Å². The molecule has 1 saturated heterocycles. The first-order valence-corrected chi connectivity index (χ1v) is 11.7. The first-order chi connectivity index (χ1) is 16.8. The molecule has 2 N–H and O–H groups in total. The molecular formula is C25H29ClN4O5. The third-order valence-corrected chi connectivity index (χ3v) is 5.59. The maximum atomic E-state index is 12.6. The Bertz CT molecular complexity index is 1030. The smallest absolute Gasteiger partial charge is 0.262 e. The Morgan fingerprint density at radius 2 is 1.74 bits per heavy atom. The van der Waals surface area contributed by atoms with Crippen LogP contribution >= 0.6 is 11.6 Å². The van der Waals surface area contributed by atoms with Gasteiger partial charge in [0.25, 0.3) is 17.7 Å². The van der Waals surface area contributed by atoms with Crippen molar-refractivity contribution in [1.82, 2.24) is 15.6 Å². The van der Waals surface area contributed by atoms with E-state index in [1.54, 1.807) is 53.4 Å². The van der Waals surface area contributed by atoms with Gasteiger partial charge in [0.15, 0.2) is 6.61 Å². The molecule has 1 heterocycles. The molecule has 0 radical (unpaired) electrons. The Morgan fingerprint density at radius 3 is 2.37 bits per heavy atom. The summed E-state index contributed by atoms with van der Waals surface area (Å²) in [7, 11) is 0. The van der Waals surface area contributed by atoms with Crippen LogP contribution < -0.4 is 15.5 Å². The van der Waals surface area contributed by atoms with Crippen LogP contribution in [0.15, 0.2) is 53.6 Å². The average Bonchev–Trinajstić information content (AvgIpc) is 2.87. The van der Waals surface area contributed by atoms with Gasteiger partial charge in [0, 0.05) is 23.7 Å². The standard InChI is InChI=1S/C25H29ClN4O5/c1-17(2)23(28-24(32)19-5-7-20(26)8-6-19)25(33)29-27-15-18-3-9-21(10-4-18)35-16-22(31)30-11-13-34-14-12-30/h3-10,15,17,23H,11-14,16H2,1-2H3,(H,28,32)(H,29,33). The molecule has 2 aromatic carbocycles. The molecule has 35 heavy (non-hydrogen) atoms. The van der Waals surface area contributed by atoms with E-state index in [1.807, 2.05) is 13.8 Å². The quantitative estimate of drug-likeness (QED) is 0.406.